The fraction of sp³-hybridized carbons (Fsp3) is 0.562. The molecule has 1 atom stereocenters. The molecule has 1 aliphatic rings. The second-order valence-electron chi connectivity index (χ2n) is 5.58. The molecular formula is C16H21N3O5. The van der Waals surface area contributed by atoms with Crippen molar-refractivity contribution in [3.8, 4) is 0 Å². The molecule has 0 N–H and O–H groups in total. The summed E-state index contributed by atoms with van der Waals surface area (Å²) < 4.78 is 20.7. The monoisotopic (exact) mass is 335 g/mol. The van der Waals surface area contributed by atoms with Gasteiger partial charge in [-0.25, -0.2) is 0 Å². The van der Waals surface area contributed by atoms with Crippen molar-refractivity contribution in [2.75, 3.05) is 26.9 Å². The van der Waals surface area contributed by atoms with E-state index in [1.807, 2.05) is 0 Å². The topological polar surface area (TPSA) is 90.8 Å². The summed E-state index contributed by atoms with van der Waals surface area (Å²) in [4.78, 5) is 18.7. The molecular weight excluding hydrogens is 314 g/mol. The van der Waals surface area contributed by atoms with Crippen LogP contribution in [0.1, 0.15) is 47.6 Å². The van der Waals surface area contributed by atoms with Crippen LogP contribution in [0.2, 0.25) is 0 Å². The van der Waals surface area contributed by atoms with Gasteiger partial charge in [0.15, 0.2) is 11.6 Å². The number of nitrogens with zero attached hydrogens (tertiary/aromatic N) is 3. The summed E-state index contributed by atoms with van der Waals surface area (Å²) in [6, 6.07) is 3.17. The van der Waals surface area contributed by atoms with E-state index < -0.39 is 0 Å². The maximum absolute atomic E-state index is 12.6. The molecule has 8 nitrogen and oxygen atoms in total. The maximum atomic E-state index is 12.6. The molecule has 0 saturated carbocycles. The van der Waals surface area contributed by atoms with Gasteiger partial charge in [0.25, 0.3) is 11.8 Å². The predicted molar refractivity (Wildman–Crippen MR) is 82.2 cm³/mol. The van der Waals surface area contributed by atoms with Crippen LogP contribution in [0.25, 0.3) is 0 Å². The van der Waals surface area contributed by atoms with Crippen LogP contribution in [0.4, 0.5) is 0 Å². The molecule has 8 heteroatoms. The fourth-order valence-corrected chi connectivity index (χ4v) is 2.75. The average Bonchev–Trinajstić information content (AvgIpc) is 3.30. The Labute approximate surface area is 139 Å². The van der Waals surface area contributed by atoms with Crippen molar-refractivity contribution in [2.24, 2.45) is 0 Å². The number of furan rings is 1. The molecule has 1 amide bonds. The smallest absolute Gasteiger partial charge is 0.290 e. The molecule has 24 heavy (non-hydrogen) atoms. The van der Waals surface area contributed by atoms with E-state index >= 15 is 0 Å². The van der Waals surface area contributed by atoms with Gasteiger partial charge in [-0.05, 0) is 31.4 Å². The van der Waals surface area contributed by atoms with Gasteiger partial charge >= 0.3 is 0 Å². The van der Waals surface area contributed by atoms with Gasteiger partial charge in [0.05, 0.1) is 25.5 Å². The van der Waals surface area contributed by atoms with E-state index in [4.69, 9.17) is 18.4 Å². The maximum Gasteiger partial charge on any atom is 0.290 e. The standard InChI is InChI=1S/C16H21N3O5/c1-21-9-10-22-11-14-17-15(18-24-14)12-5-2-3-7-19(12)16(20)13-6-4-8-23-13/h4,6,8,12H,2-3,5,7,9-11H2,1H3. The Hall–Kier alpha value is -2.19. The van der Waals surface area contributed by atoms with Gasteiger partial charge in [-0.3, -0.25) is 4.79 Å². The van der Waals surface area contributed by atoms with Crippen LogP contribution in [0.15, 0.2) is 27.3 Å². The molecule has 0 bridgehead atoms. The van der Waals surface area contributed by atoms with E-state index in [0.29, 0.717) is 37.2 Å². The number of carbonyl (C=O) groups excluding carboxylic acids is 1. The molecule has 1 unspecified atom stereocenters. The molecule has 3 heterocycles. The molecule has 0 radical (unpaired) electrons. The molecule has 2 aromatic heterocycles. The van der Waals surface area contributed by atoms with Crippen molar-refractivity contribution in [3.63, 3.8) is 0 Å². The Morgan fingerprint density at radius 2 is 2.33 bits per heavy atom. The highest BCUT2D eigenvalue weighted by Gasteiger charge is 2.33. The Kier molecular flexibility index (Phi) is 5.60. The number of carbonyl (C=O) groups is 1. The van der Waals surface area contributed by atoms with Crippen molar-refractivity contribution >= 4 is 5.91 Å². The first-order valence-electron chi connectivity index (χ1n) is 8.03. The zero-order valence-electron chi connectivity index (χ0n) is 13.6. The molecule has 130 valence electrons. The highest BCUT2D eigenvalue weighted by atomic mass is 16.5. The summed E-state index contributed by atoms with van der Waals surface area (Å²) in [5.41, 5.74) is 0. The van der Waals surface area contributed by atoms with Crippen LogP contribution in [0, 0.1) is 0 Å². The number of methoxy groups -OCH3 is 1. The van der Waals surface area contributed by atoms with E-state index in [0.717, 1.165) is 19.3 Å². The number of hydrogen-bond donors (Lipinski definition) is 0. The van der Waals surface area contributed by atoms with Gasteiger partial charge in [-0.2, -0.15) is 4.98 Å². The van der Waals surface area contributed by atoms with Crippen LogP contribution in [0.5, 0.6) is 0 Å². The van der Waals surface area contributed by atoms with Gasteiger partial charge in [0, 0.05) is 13.7 Å². The highest BCUT2D eigenvalue weighted by molar-refractivity contribution is 5.91. The Morgan fingerprint density at radius 1 is 1.42 bits per heavy atom. The number of likely N-dealkylation sites (tertiary alicyclic amines) is 1. The van der Waals surface area contributed by atoms with Crippen LogP contribution in [-0.2, 0) is 16.1 Å². The Bertz CT molecular complexity index is 640. The summed E-state index contributed by atoms with van der Waals surface area (Å²) >= 11 is 0. The number of hydrogen-bond acceptors (Lipinski definition) is 7. The van der Waals surface area contributed by atoms with E-state index in [-0.39, 0.29) is 18.6 Å². The molecule has 0 aromatic carbocycles. The van der Waals surface area contributed by atoms with E-state index in [1.54, 1.807) is 24.1 Å². The minimum absolute atomic E-state index is 0.146. The fourth-order valence-electron chi connectivity index (χ4n) is 2.75. The van der Waals surface area contributed by atoms with Gasteiger partial charge in [-0.1, -0.05) is 5.16 Å². The minimum Gasteiger partial charge on any atom is -0.459 e. The average molecular weight is 335 g/mol. The lowest BCUT2D eigenvalue weighted by molar-refractivity contribution is 0.0494. The third-order valence-corrected chi connectivity index (χ3v) is 3.93. The molecule has 0 spiro atoms. The lowest BCUT2D eigenvalue weighted by Crippen LogP contribution is -2.38. The van der Waals surface area contributed by atoms with Gasteiger partial charge in [0.1, 0.15) is 6.61 Å². The van der Waals surface area contributed by atoms with Gasteiger partial charge < -0.3 is 23.3 Å². The van der Waals surface area contributed by atoms with Gasteiger partial charge in [0.2, 0.25) is 0 Å². The van der Waals surface area contributed by atoms with E-state index in [9.17, 15) is 4.79 Å². The van der Waals surface area contributed by atoms with Crippen molar-refractivity contribution < 1.29 is 23.2 Å². The number of rotatable bonds is 7. The second-order valence-corrected chi connectivity index (χ2v) is 5.58. The predicted octanol–water partition coefficient (Wildman–Crippen LogP) is 2.19. The number of piperidine rings is 1. The largest absolute Gasteiger partial charge is 0.459 e. The summed E-state index contributed by atoms with van der Waals surface area (Å²) in [7, 11) is 1.61. The lowest BCUT2D eigenvalue weighted by atomic mass is 10.0. The van der Waals surface area contributed by atoms with Crippen molar-refractivity contribution in [2.45, 2.75) is 31.9 Å². The van der Waals surface area contributed by atoms with Crippen LogP contribution in [-0.4, -0.2) is 47.8 Å². The molecule has 0 aliphatic carbocycles. The number of ether oxygens (including phenoxy) is 2. The quantitative estimate of drug-likeness (QED) is 0.716. The van der Waals surface area contributed by atoms with Crippen molar-refractivity contribution in [1.29, 1.82) is 0 Å². The van der Waals surface area contributed by atoms with Crippen LogP contribution in [0.3, 0.4) is 0 Å². The van der Waals surface area contributed by atoms with Gasteiger partial charge in [-0.15, -0.1) is 0 Å². The minimum atomic E-state index is -0.201. The number of aromatic nitrogens is 2. The van der Waals surface area contributed by atoms with Crippen molar-refractivity contribution in [3.05, 3.63) is 35.9 Å². The Balaban J connectivity index is 1.67. The first-order valence-corrected chi connectivity index (χ1v) is 8.03. The third-order valence-electron chi connectivity index (χ3n) is 3.93. The molecule has 2 aromatic rings. The zero-order chi connectivity index (χ0) is 16.8. The zero-order valence-corrected chi connectivity index (χ0v) is 13.6. The third kappa shape index (κ3) is 3.82. The number of amides is 1. The summed E-state index contributed by atoms with van der Waals surface area (Å²) in [6.07, 6.45) is 4.26. The second kappa shape index (κ2) is 8.07. The summed E-state index contributed by atoms with van der Waals surface area (Å²) in [5, 5.41) is 4.03. The normalized spacial score (nSPS) is 18.0. The molecule has 3 rings (SSSR count). The van der Waals surface area contributed by atoms with Crippen molar-refractivity contribution in [1.82, 2.24) is 15.0 Å². The Morgan fingerprint density at radius 3 is 3.12 bits per heavy atom. The highest BCUT2D eigenvalue weighted by Crippen LogP contribution is 2.30. The first-order chi connectivity index (χ1) is 11.8. The van der Waals surface area contributed by atoms with Crippen LogP contribution >= 0.6 is 0 Å². The molecule has 1 aliphatic heterocycles. The van der Waals surface area contributed by atoms with Crippen LogP contribution < -0.4 is 0 Å². The molecule has 1 saturated heterocycles. The summed E-state index contributed by atoms with van der Waals surface area (Å²) in [5.74, 6) is 1.10. The SMILES string of the molecule is COCCOCc1nc(C2CCCCN2C(=O)c2ccco2)no1. The lowest BCUT2D eigenvalue weighted by Gasteiger charge is -2.33. The molecule has 1 fully saturated rings. The summed E-state index contributed by atoms with van der Waals surface area (Å²) in [6.45, 7) is 1.85. The van der Waals surface area contributed by atoms with E-state index in [1.165, 1.54) is 6.26 Å². The van der Waals surface area contributed by atoms with E-state index in [2.05, 4.69) is 10.1 Å². The first kappa shape index (κ1) is 16.7.